The third-order valence-electron chi connectivity index (χ3n) is 0.923. The fourth-order valence-electron chi connectivity index (χ4n) is 0.530. The SMILES string of the molecule is O=C(O)Nc1ncc(CO)s1. The largest absolute Gasteiger partial charge is 0.465 e. The van der Waals surface area contributed by atoms with Crippen molar-refractivity contribution < 1.29 is 15.0 Å². The zero-order valence-corrected chi connectivity index (χ0v) is 6.26. The highest BCUT2D eigenvalue weighted by Crippen LogP contribution is 2.17. The summed E-state index contributed by atoms with van der Waals surface area (Å²) in [5.41, 5.74) is 0. The van der Waals surface area contributed by atoms with E-state index in [4.69, 9.17) is 10.2 Å². The van der Waals surface area contributed by atoms with Crippen LogP contribution in [0.25, 0.3) is 0 Å². The van der Waals surface area contributed by atoms with Gasteiger partial charge in [0.15, 0.2) is 5.13 Å². The van der Waals surface area contributed by atoms with Crippen LogP contribution in [0.1, 0.15) is 4.88 Å². The number of hydrogen-bond acceptors (Lipinski definition) is 4. The molecule has 1 aromatic heterocycles. The fraction of sp³-hybridized carbons (Fsp3) is 0.200. The van der Waals surface area contributed by atoms with Crippen LogP contribution in [-0.2, 0) is 6.61 Å². The summed E-state index contributed by atoms with van der Waals surface area (Å²) in [5.74, 6) is 0. The van der Waals surface area contributed by atoms with E-state index >= 15 is 0 Å². The number of thiazole rings is 1. The van der Waals surface area contributed by atoms with E-state index in [1.807, 2.05) is 0 Å². The number of aliphatic hydroxyl groups excluding tert-OH is 1. The van der Waals surface area contributed by atoms with Gasteiger partial charge >= 0.3 is 6.09 Å². The fourth-order valence-corrected chi connectivity index (χ4v) is 1.19. The number of rotatable bonds is 2. The molecule has 0 aliphatic rings. The summed E-state index contributed by atoms with van der Waals surface area (Å²) in [6.07, 6.45) is 0.277. The van der Waals surface area contributed by atoms with Crippen molar-refractivity contribution in [2.24, 2.45) is 0 Å². The molecule has 0 spiro atoms. The molecule has 1 rings (SSSR count). The molecule has 0 aliphatic heterocycles. The van der Waals surface area contributed by atoms with Gasteiger partial charge in [0.1, 0.15) is 0 Å². The van der Waals surface area contributed by atoms with Gasteiger partial charge in [0.25, 0.3) is 0 Å². The van der Waals surface area contributed by atoms with Crippen molar-refractivity contribution in [3.8, 4) is 0 Å². The van der Waals surface area contributed by atoms with E-state index in [-0.39, 0.29) is 11.7 Å². The van der Waals surface area contributed by atoms with Gasteiger partial charge in [-0.3, -0.25) is 5.32 Å². The number of carbonyl (C=O) groups is 1. The smallest absolute Gasteiger partial charge is 0.410 e. The van der Waals surface area contributed by atoms with Crippen LogP contribution >= 0.6 is 11.3 Å². The monoisotopic (exact) mass is 174 g/mol. The highest BCUT2D eigenvalue weighted by Gasteiger charge is 2.02. The van der Waals surface area contributed by atoms with Gasteiger partial charge in [-0.25, -0.2) is 9.78 Å². The van der Waals surface area contributed by atoms with Gasteiger partial charge in [0, 0.05) is 6.20 Å². The van der Waals surface area contributed by atoms with Crippen molar-refractivity contribution in [1.29, 1.82) is 0 Å². The standard InChI is InChI=1S/C5H6N2O3S/c8-2-3-1-6-4(11-3)7-5(9)10/h1,8H,2H2,(H,6,7)(H,9,10). The molecule has 1 heterocycles. The van der Waals surface area contributed by atoms with Crippen molar-refractivity contribution in [1.82, 2.24) is 4.98 Å². The van der Waals surface area contributed by atoms with Gasteiger partial charge in [0.2, 0.25) is 0 Å². The van der Waals surface area contributed by atoms with Crippen molar-refractivity contribution in [3.63, 3.8) is 0 Å². The molecular weight excluding hydrogens is 168 g/mol. The molecule has 0 bridgehead atoms. The summed E-state index contributed by atoms with van der Waals surface area (Å²) in [6.45, 7) is -0.112. The Balaban J connectivity index is 2.65. The number of anilines is 1. The molecule has 0 saturated carbocycles. The minimum Gasteiger partial charge on any atom is -0.465 e. The minimum atomic E-state index is -1.15. The Morgan fingerprint density at radius 2 is 2.55 bits per heavy atom. The Bertz CT molecular complexity index is 260. The highest BCUT2D eigenvalue weighted by molar-refractivity contribution is 7.15. The van der Waals surface area contributed by atoms with Crippen LogP contribution in [0.4, 0.5) is 9.93 Å². The Morgan fingerprint density at radius 1 is 1.82 bits per heavy atom. The number of hydrogen-bond donors (Lipinski definition) is 3. The zero-order valence-electron chi connectivity index (χ0n) is 5.44. The molecule has 0 aliphatic carbocycles. The first kappa shape index (κ1) is 7.96. The topological polar surface area (TPSA) is 82.5 Å². The zero-order chi connectivity index (χ0) is 8.27. The molecule has 0 fully saturated rings. The Morgan fingerprint density at radius 3 is 3.00 bits per heavy atom. The first-order valence-corrected chi connectivity index (χ1v) is 3.59. The predicted molar refractivity (Wildman–Crippen MR) is 39.7 cm³/mol. The highest BCUT2D eigenvalue weighted by atomic mass is 32.1. The Hall–Kier alpha value is -1.14. The maximum absolute atomic E-state index is 10.1. The second-order valence-electron chi connectivity index (χ2n) is 1.72. The summed E-state index contributed by atoms with van der Waals surface area (Å²) in [5, 5.41) is 19.2. The molecule has 60 valence electrons. The average molecular weight is 174 g/mol. The molecule has 0 radical (unpaired) electrons. The molecule has 6 heteroatoms. The molecule has 3 N–H and O–H groups in total. The van der Waals surface area contributed by atoms with Gasteiger partial charge < -0.3 is 10.2 Å². The number of aliphatic hydroxyl groups is 1. The van der Waals surface area contributed by atoms with Gasteiger partial charge in [-0.1, -0.05) is 11.3 Å². The molecule has 0 unspecified atom stereocenters. The van der Waals surface area contributed by atoms with E-state index in [1.165, 1.54) is 6.20 Å². The van der Waals surface area contributed by atoms with E-state index in [2.05, 4.69) is 10.3 Å². The van der Waals surface area contributed by atoms with E-state index in [9.17, 15) is 4.79 Å². The predicted octanol–water partition coefficient (Wildman–Crippen LogP) is 0.725. The summed E-state index contributed by atoms with van der Waals surface area (Å²) in [7, 11) is 0. The lowest BCUT2D eigenvalue weighted by Crippen LogP contribution is -2.06. The number of nitrogens with zero attached hydrogens (tertiary/aromatic N) is 1. The van der Waals surface area contributed by atoms with Gasteiger partial charge in [-0.15, -0.1) is 0 Å². The van der Waals surface area contributed by atoms with E-state index in [0.29, 0.717) is 4.88 Å². The van der Waals surface area contributed by atoms with Crippen LogP contribution in [0.2, 0.25) is 0 Å². The Labute approximate surface area is 66.3 Å². The van der Waals surface area contributed by atoms with Gasteiger partial charge in [0.05, 0.1) is 11.5 Å². The van der Waals surface area contributed by atoms with Crippen molar-refractivity contribution >= 4 is 22.6 Å². The first-order valence-electron chi connectivity index (χ1n) is 2.78. The van der Waals surface area contributed by atoms with Crippen LogP contribution in [-0.4, -0.2) is 21.3 Å². The van der Waals surface area contributed by atoms with Gasteiger partial charge in [-0.2, -0.15) is 0 Å². The van der Waals surface area contributed by atoms with Gasteiger partial charge in [-0.05, 0) is 0 Å². The molecule has 5 nitrogen and oxygen atoms in total. The lowest BCUT2D eigenvalue weighted by molar-refractivity contribution is 0.209. The third-order valence-corrected chi connectivity index (χ3v) is 1.82. The third kappa shape index (κ3) is 2.17. The summed E-state index contributed by atoms with van der Waals surface area (Å²) < 4.78 is 0. The van der Waals surface area contributed by atoms with E-state index < -0.39 is 6.09 Å². The molecule has 0 atom stereocenters. The summed E-state index contributed by atoms with van der Waals surface area (Å²) >= 11 is 1.11. The van der Waals surface area contributed by atoms with Crippen LogP contribution in [0, 0.1) is 0 Å². The molecular formula is C5H6N2O3S. The van der Waals surface area contributed by atoms with E-state index in [0.717, 1.165) is 11.3 Å². The quantitative estimate of drug-likeness (QED) is 0.617. The maximum Gasteiger partial charge on any atom is 0.410 e. The van der Waals surface area contributed by atoms with E-state index in [1.54, 1.807) is 0 Å². The average Bonchev–Trinajstić information content (AvgIpc) is 2.34. The van der Waals surface area contributed by atoms with Crippen molar-refractivity contribution in [2.75, 3.05) is 5.32 Å². The summed E-state index contributed by atoms with van der Waals surface area (Å²) in [6, 6.07) is 0. The molecule has 0 aromatic carbocycles. The van der Waals surface area contributed by atoms with Crippen LogP contribution < -0.4 is 5.32 Å². The molecule has 1 amide bonds. The molecule has 11 heavy (non-hydrogen) atoms. The minimum absolute atomic E-state index is 0.112. The van der Waals surface area contributed by atoms with Crippen LogP contribution in [0.3, 0.4) is 0 Å². The maximum atomic E-state index is 10.1. The van der Waals surface area contributed by atoms with Crippen molar-refractivity contribution in [3.05, 3.63) is 11.1 Å². The van der Waals surface area contributed by atoms with Crippen LogP contribution in [0.5, 0.6) is 0 Å². The lowest BCUT2D eigenvalue weighted by atomic mass is 10.6. The number of nitrogens with one attached hydrogen (secondary N) is 1. The number of aromatic nitrogens is 1. The second kappa shape index (κ2) is 3.31. The van der Waals surface area contributed by atoms with Crippen LogP contribution in [0.15, 0.2) is 6.20 Å². The van der Waals surface area contributed by atoms with Crippen molar-refractivity contribution in [2.45, 2.75) is 6.61 Å². The molecule has 1 aromatic rings. The lowest BCUT2D eigenvalue weighted by Gasteiger charge is -1.90. The normalized spacial score (nSPS) is 9.55. The second-order valence-corrected chi connectivity index (χ2v) is 2.84. The first-order chi connectivity index (χ1) is 5.22. The Kier molecular flexibility index (Phi) is 2.40. The molecule has 0 saturated heterocycles. The number of carboxylic acid groups (broad SMARTS) is 1. The number of amides is 1. The summed E-state index contributed by atoms with van der Waals surface area (Å²) in [4.78, 5) is 14.4.